The summed E-state index contributed by atoms with van der Waals surface area (Å²) in [4.78, 5) is 21.6. The van der Waals surface area contributed by atoms with Gasteiger partial charge in [-0.25, -0.2) is 4.98 Å². The topological polar surface area (TPSA) is 159 Å². The summed E-state index contributed by atoms with van der Waals surface area (Å²) in [6.45, 7) is 0. The summed E-state index contributed by atoms with van der Waals surface area (Å²) in [5, 5.41) is 10.7. The predicted molar refractivity (Wildman–Crippen MR) is 80.2 cm³/mol. The molecule has 0 radical (unpaired) electrons. The number of aromatic amines is 1. The number of imidazole rings is 1. The Balaban J connectivity index is 0.000000338. The minimum absolute atomic E-state index is 0.0485. The number of fused-ring (bicyclic) bond motifs is 1. The van der Waals surface area contributed by atoms with Gasteiger partial charge in [-0.15, -0.1) is 0 Å². The number of nitrogens with one attached hydrogen (secondary N) is 1. The molecule has 0 saturated heterocycles. The molecule has 3 aromatic rings. The van der Waals surface area contributed by atoms with Gasteiger partial charge < -0.3 is 4.98 Å². The summed E-state index contributed by atoms with van der Waals surface area (Å²) >= 11 is 0. The van der Waals surface area contributed by atoms with E-state index in [1.165, 1.54) is 12.1 Å². The first-order valence-electron chi connectivity index (χ1n) is 5.98. The number of benzene rings is 1. The molecule has 3 rings (SSSR count). The van der Waals surface area contributed by atoms with E-state index in [2.05, 4.69) is 15.0 Å². The maximum atomic E-state index is 10.7. The molecule has 0 amide bonds. The lowest BCUT2D eigenvalue weighted by atomic mass is 10.2. The van der Waals surface area contributed by atoms with Crippen LogP contribution in [0, 0.1) is 10.1 Å². The highest BCUT2D eigenvalue weighted by Crippen LogP contribution is 2.23. The van der Waals surface area contributed by atoms with Crippen molar-refractivity contribution in [3.05, 3.63) is 52.8 Å². The van der Waals surface area contributed by atoms with Crippen molar-refractivity contribution in [1.29, 1.82) is 0 Å². The lowest BCUT2D eigenvalue weighted by Crippen LogP contribution is -1.89. The zero-order chi connectivity index (χ0) is 17.0. The van der Waals surface area contributed by atoms with Crippen LogP contribution in [0.15, 0.2) is 42.7 Å². The number of nitro groups is 1. The van der Waals surface area contributed by atoms with E-state index < -0.39 is 15.3 Å². The summed E-state index contributed by atoms with van der Waals surface area (Å²) in [5.74, 6) is 0.674. The van der Waals surface area contributed by atoms with Crippen molar-refractivity contribution >= 4 is 27.1 Å². The maximum Gasteiger partial charge on any atom is 0.394 e. The number of hydrogen-bond acceptors (Lipinski definition) is 6. The van der Waals surface area contributed by atoms with E-state index in [4.69, 9.17) is 17.5 Å². The number of H-pyrrole nitrogens is 1. The zero-order valence-electron chi connectivity index (χ0n) is 11.3. The van der Waals surface area contributed by atoms with Gasteiger partial charge in [0.2, 0.25) is 0 Å². The number of nitro benzene ring substituents is 1. The first-order chi connectivity index (χ1) is 10.7. The van der Waals surface area contributed by atoms with E-state index in [9.17, 15) is 10.1 Å². The first-order valence-corrected chi connectivity index (χ1v) is 7.38. The van der Waals surface area contributed by atoms with Gasteiger partial charge in [-0.2, -0.15) is 8.42 Å². The Morgan fingerprint density at radius 1 is 1.13 bits per heavy atom. The number of nitrogens with zero attached hydrogens (tertiary/aromatic N) is 3. The molecule has 0 aliphatic rings. The van der Waals surface area contributed by atoms with E-state index in [0.717, 1.165) is 5.56 Å². The van der Waals surface area contributed by atoms with E-state index >= 15 is 0 Å². The molecule has 0 aliphatic heterocycles. The largest absolute Gasteiger partial charge is 0.394 e. The van der Waals surface area contributed by atoms with Crippen molar-refractivity contribution in [3.63, 3.8) is 0 Å². The van der Waals surface area contributed by atoms with Crippen molar-refractivity contribution in [2.75, 3.05) is 0 Å². The summed E-state index contributed by atoms with van der Waals surface area (Å²) in [6.07, 6.45) is 3.34. The molecule has 0 fully saturated rings. The molecule has 0 aliphatic carbocycles. The second-order valence-electron chi connectivity index (χ2n) is 4.23. The summed E-state index contributed by atoms with van der Waals surface area (Å²) in [6, 6.07) is 8.21. The van der Waals surface area contributed by atoms with Gasteiger partial charge in [0.15, 0.2) is 0 Å². The Bertz CT molecular complexity index is 931. The fourth-order valence-corrected chi connectivity index (χ4v) is 1.76. The summed E-state index contributed by atoms with van der Waals surface area (Å²) in [5.41, 5.74) is 2.29. The molecule has 10 nitrogen and oxygen atoms in total. The highest BCUT2D eigenvalue weighted by Gasteiger charge is 2.10. The Labute approximate surface area is 129 Å². The first kappa shape index (κ1) is 16.5. The normalized spacial score (nSPS) is 10.9. The van der Waals surface area contributed by atoms with Crippen LogP contribution in [0.25, 0.3) is 22.4 Å². The molecule has 0 atom stereocenters. The van der Waals surface area contributed by atoms with Crippen molar-refractivity contribution in [3.8, 4) is 11.4 Å². The Hall–Kier alpha value is -2.89. The second kappa shape index (κ2) is 6.48. The van der Waals surface area contributed by atoms with Gasteiger partial charge in [0.25, 0.3) is 5.69 Å². The molecule has 0 spiro atoms. The Morgan fingerprint density at radius 3 is 2.30 bits per heavy atom. The molecule has 1 aromatic carbocycles. The van der Waals surface area contributed by atoms with Crippen LogP contribution in [0.4, 0.5) is 5.69 Å². The number of aromatic nitrogens is 3. The van der Waals surface area contributed by atoms with Gasteiger partial charge in [0.05, 0.1) is 16.0 Å². The number of non-ortho nitro benzene ring substituents is 1. The molecule has 2 aromatic heterocycles. The molecule has 23 heavy (non-hydrogen) atoms. The van der Waals surface area contributed by atoms with Crippen LogP contribution in [-0.4, -0.2) is 37.4 Å². The second-order valence-corrected chi connectivity index (χ2v) is 5.12. The molecule has 0 unspecified atom stereocenters. The van der Waals surface area contributed by atoms with Crippen molar-refractivity contribution < 1.29 is 22.4 Å². The van der Waals surface area contributed by atoms with Crippen LogP contribution in [0.3, 0.4) is 0 Å². The fourth-order valence-electron chi connectivity index (χ4n) is 1.76. The SMILES string of the molecule is O=S(=O)(O)O.O=[N+]([O-])c1ccc2nc(-c3ccncc3)[nH]c2c1. The van der Waals surface area contributed by atoms with Crippen LogP contribution >= 0.6 is 0 Å². The van der Waals surface area contributed by atoms with Gasteiger partial charge in [0, 0.05) is 30.1 Å². The van der Waals surface area contributed by atoms with Crippen molar-refractivity contribution in [2.24, 2.45) is 0 Å². The Kier molecular flexibility index (Phi) is 4.64. The standard InChI is InChI=1S/C12H8N4O2.H2O4S/c17-16(18)9-1-2-10-11(7-9)15-12(14-10)8-3-5-13-6-4-8;1-5(2,3)4/h1-7H,(H,14,15);(H2,1,2,3,4). The lowest BCUT2D eigenvalue weighted by molar-refractivity contribution is -0.384. The van der Waals surface area contributed by atoms with E-state index in [1.54, 1.807) is 18.5 Å². The molecule has 3 N–H and O–H groups in total. The van der Waals surface area contributed by atoms with Crippen molar-refractivity contribution in [2.45, 2.75) is 0 Å². The van der Waals surface area contributed by atoms with Crippen LogP contribution in [0.5, 0.6) is 0 Å². The molecule has 11 heteroatoms. The summed E-state index contributed by atoms with van der Waals surface area (Å²) < 4.78 is 31.6. The molecular formula is C12H10N4O6S. The molecule has 0 saturated carbocycles. The van der Waals surface area contributed by atoms with Crippen molar-refractivity contribution in [1.82, 2.24) is 15.0 Å². The fraction of sp³-hybridized carbons (Fsp3) is 0. The van der Waals surface area contributed by atoms with Crippen LogP contribution < -0.4 is 0 Å². The zero-order valence-corrected chi connectivity index (χ0v) is 12.1. The van der Waals surface area contributed by atoms with E-state index in [1.807, 2.05) is 12.1 Å². The third kappa shape index (κ3) is 4.81. The molecular weight excluding hydrogens is 328 g/mol. The predicted octanol–water partition coefficient (Wildman–Crippen LogP) is 1.88. The van der Waals surface area contributed by atoms with Crippen LogP contribution in [-0.2, 0) is 10.4 Å². The minimum atomic E-state index is -4.67. The van der Waals surface area contributed by atoms with Gasteiger partial charge >= 0.3 is 10.4 Å². The number of rotatable bonds is 2. The quantitative estimate of drug-likeness (QED) is 0.362. The number of hydrogen-bond donors (Lipinski definition) is 3. The lowest BCUT2D eigenvalue weighted by Gasteiger charge is -1.92. The van der Waals surface area contributed by atoms with Gasteiger partial charge in [-0.3, -0.25) is 24.2 Å². The monoisotopic (exact) mass is 338 g/mol. The third-order valence-corrected chi connectivity index (χ3v) is 2.63. The average Bonchev–Trinajstić information content (AvgIpc) is 2.89. The average molecular weight is 338 g/mol. The van der Waals surface area contributed by atoms with Gasteiger partial charge in [-0.1, -0.05) is 0 Å². The van der Waals surface area contributed by atoms with Gasteiger partial charge in [-0.05, 0) is 18.2 Å². The highest BCUT2D eigenvalue weighted by atomic mass is 32.3. The molecule has 2 heterocycles. The Morgan fingerprint density at radius 2 is 1.74 bits per heavy atom. The number of pyridine rings is 1. The van der Waals surface area contributed by atoms with E-state index in [-0.39, 0.29) is 5.69 Å². The molecule has 120 valence electrons. The van der Waals surface area contributed by atoms with Gasteiger partial charge in [0.1, 0.15) is 5.82 Å². The van der Waals surface area contributed by atoms with Crippen LogP contribution in [0.1, 0.15) is 0 Å². The van der Waals surface area contributed by atoms with E-state index in [0.29, 0.717) is 16.9 Å². The highest BCUT2D eigenvalue weighted by molar-refractivity contribution is 7.79. The maximum absolute atomic E-state index is 10.7. The smallest absolute Gasteiger partial charge is 0.338 e. The minimum Gasteiger partial charge on any atom is -0.338 e. The molecule has 0 bridgehead atoms. The third-order valence-electron chi connectivity index (χ3n) is 2.63. The van der Waals surface area contributed by atoms with Crippen LogP contribution in [0.2, 0.25) is 0 Å². The summed E-state index contributed by atoms with van der Waals surface area (Å²) in [7, 11) is -4.67.